The summed E-state index contributed by atoms with van der Waals surface area (Å²) in [7, 11) is 0. The van der Waals surface area contributed by atoms with Gasteiger partial charge in [0.15, 0.2) is 12.4 Å². The van der Waals surface area contributed by atoms with Crippen LogP contribution in [0.5, 0.6) is 0 Å². The first kappa shape index (κ1) is 16.3. The third kappa shape index (κ3) is 4.44. The highest BCUT2D eigenvalue weighted by Crippen LogP contribution is 2.20. The molecule has 116 valence electrons. The number of carbonyl (C=O) groups is 2. The normalized spacial score (nSPS) is 10.3. The molecule has 2 aromatic rings. The van der Waals surface area contributed by atoms with Gasteiger partial charge in [0.2, 0.25) is 0 Å². The molecule has 1 amide bonds. The summed E-state index contributed by atoms with van der Waals surface area (Å²) in [5.74, 6) is -0.531. The number of rotatable bonds is 5. The fourth-order valence-corrected chi connectivity index (χ4v) is 2.01. The van der Waals surface area contributed by atoms with Gasteiger partial charge in [-0.2, -0.15) is 4.98 Å². The van der Waals surface area contributed by atoms with Crippen LogP contribution in [0, 0.1) is 6.92 Å². The van der Waals surface area contributed by atoms with Crippen molar-refractivity contribution < 1.29 is 18.8 Å². The number of halogens is 2. The Balaban J connectivity index is 1.81. The smallest absolute Gasteiger partial charge is 0.325 e. The summed E-state index contributed by atoms with van der Waals surface area (Å²) in [5.41, 5.74) is 0.214. The maximum absolute atomic E-state index is 11.9. The van der Waals surface area contributed by atoms with E-state index in [0.29, 0.717) is 10.8 Å². The molecule has 1 aromatic carbocycles. The van der Waals surface area contributed by atoms with Gasteiger partial charge in [-0.1, -0.05) is 28.4 Å². The number of amides is 1. The summed E-state index contributed by atoms with van der Waals surface area (Å²) in [4.78, 5) is 27.3. The van der Waals surface area contributed by atoms with Gasteiger partial charge in [0.1, 0.15) is 6.54 Å². The number of hydrogen-bond acceptors (Lipinski definition) is 6. The van der Waals surface area contributed by atoms with Crippen LogP contribution in [0.2, 0.25) is 10.0 Å². The molecular formula is C13H11Cl2N3O4. The average molecular weight is 344 g/mol. The van der Waals surface area contributed by atoms with E-state index in [9.17, 15) is 9.59 Å². The Labute approximate surface area is 135 Å². The van der Waals surface area contributed by atoms with Gasteiger partial charge in [-0.3, -0.25) is 9.59 Å². The number of hydrogen-bond donors (Lipinski definition) is 1. The molecule has 0 unspecified atom stereocenters. The van der Waals surface area contributed by atoms with E-state index in [1.165, 1.54) is 18.2 Å². The minimum Gasteiger partial charge on any atom is -0.454 e. The van der Waals surface area contributed by atoms with Crippen molar-refractivity contribution in [3.8, 4) is 0 Å². The molecule has 7 nitrogen and oxygen atoms in total. The number of benzene rings is 1. The molecule has 1 aromatic heterocycles. The van der Waals surface area contributed by atoms with Gasteiger partial charge in [-0.25, -0.2) is 0 Å². The zero-order chi connectivity index (χ0) is 16.1. The van der Waals surface area contributed by atoms with Gasteiger partial charge in [0.05, 0.1) is 10.6 Å². The van der Waals surface area contributed by atoms with Crippen LogP contribution in [-0.4, -0.2) is 28.6 Å². The van der Waals surface area contributed by atoms with Gasteiger partial charge in [-0.05, 0) is 25.1 Å². The highest BCUT2D eigenvalue weighted by Gasteiger charge is 2.13. The van der Waals surface area contributed by atoms with E-state index in [1.807, 2.05) is 0 Å². The largest absolute Gasteiger partial charge is 0.454 e. The summed E-state index contributed by atoms with van der Waals surface area (Å²) in [6.45, 7) is 1.17. The third-order valence-corrected chi connectivity index (χ3v) is 3.04. The lowest BCUT2D eigenvalue weighted by Gasteiger charge is -2.06. The molecule has 2 rings (SSSR count). The Morgan fingerprint density at radius 1 is 1.36 bits per heavy atom. The van der Waals surface area contributed by atoms with Crippen molar-refractivity contribution in [1.29, 1.82) is 0 Å². The first-order chi connectivity index (χ1) is 10.5. The minimum atomic E-state index is -0.644. The first-order valence-corrected chi connectivity index (χ1v) is 6.89. The lowest BCUT2D eigenvalue weighted by atomic mass is 10.2. The van der Waals surface area contributed by atoms with Crippen LogP contribution in [0.1, 0.15) is 22.1 Å². The molecule has 1 N–H and O–H groups in total. The molecule has 0 saturated carbocycles. The van der Waals surface area contributed by atoms with E-state index in [-0.39, 0.29) is 29.6 Å². The number of nitrogens with one attached hydrogen (secondary N) is 1. The zero-order valence-electron chi connectivity index (χ0n) is 11.4. The molecule has 0 bridgehead atoms. The number of esters is 1. The molecule has 0 fully saturated rings. The number of aryl methyl sites for hydroxylation is 1. The fourth-order valence-electron chi connectivity index (χ4n) is 1.51. The van der Waals surface area contributed by atoms with Crippen molar-refractivity contribution in [2.75, 3.05) is 6.54 Å². The quantitative estimate of drug-likeness (QED) is 0.836. The van der Waals surface area contributed by atoms with E-state index in [0.717, 1.165) is 0 Å². The molecule has 0 spiro atoms. The highest BCUT2D eigenvalue weighted by atomic mass is 35.5. The topological polar surface area (TPSA) is 94.3 Å². The van der Waals surface area contributed by atoms with Crippen molar-refractivity contribution in [3.63, 3.8) is 0 Å². The summed E-state index contributed by atoms with van der Waals surface area (Å²) in [5, 5.41) is 6.55. The monoisotopic (exact) mass is 343 g/mol. The van der Waals surface area contributed by atoms with Gasteiger partial charge in [0, 0.05) is 5.02 Å². The van der Waals surface area contributed by atoms with E-state index in [2.05, 4.69) is 15.5 Å². The predicted octanol–water partition coefficient (Wildman–Crippen LogP) is 2.16. The fraction of sp³-hybridized carbons (Fsp3) is 0.231. The molecule has 0 aliphatic rings. The minimum absolute atomic E-state index is 0.156. The van der Waals surface area contributed by atoms with Crippen LogP contribution in [0.25, 0.3) is 0 Å². The van der Waals surface area contributed by atoms with Gasteiger partial charge in [-0.15, -0.1) is 0 Å². The van der Waals surface area contributed by atoms with Crippen molar-refractivity contribution in [1.82, 2.24) is 15.5 Å². The Bertz CT molecular complexity index is 702. The second-order valence-corrected chi connectivity index (χ2v) is 5.05. The number of aromatic nitrogens is 2. The molecule has 9 heteroatoms. The predicted molar refractivity (Wildman–Crippen MR) is 77.6 cm³/mol. The molecule has 0 radical (unpaired) electrons. The van der Waals surface area contributed by atoms with Crippen molar-refractivity contribution >= 4 is 35.1 Å². The van der Waals surface area contributed by atoms with Crippen LogP contribution < -0.4 is 5.32 Å². The highest BCUT2D eigenvalue weighted by molar-refractivity contribution is 6.36. The van der Waals surface area contributed by atoms with Gasteiger partial charge in [0.25, 0.3) is 11.8 Å². The Hall–Kier alpha value is -2.12. The van der Waals surface area contributed by atoms with Crippen molar-refractivity contribution in [2.45, 2.75) is 13.5 Å². The Morgan fingerprint density at radius 3 is 2.77 bits per heavy atom. The summed E-state index contributed by atoms with van der Waals surface area (Å²) >= 11 is 11.6. The van der Waals surface area contributed by atoms with Crippen LogP contribution in [0.4, 0.5) is 0 Å². The van der Waals surface area contributed by atoms with E-state index in [1.54, 1.807) is 6.92 Å². The van der Waals surface area contributed by atoms with Gasteiger partial charge >= 0.3 is 5.97 Å². The van der Waals surface area contributed by atoms with E-state index in [4.69, 9.17) is 32.5 Å². The Morgan fingerprint density at radius 2 is 2.14 bits per heavy atom. The first-order valence-electron chi connectivity index (χ1n) is 6.14. The second-order valence-electron chi connectivity index (χ2n) is 4.20. The molecule has 0 atom stereocenters. The SMILES string of the molecule is Cc1noc(COC(=O)CNC(=O)c2ccc(Cl)cc2Cl)n1. The lowest BCUT2D eigenvalue weighted by Crippen LogP contribution is -2.30. The van der Waals surface area contributed by atoms with Crippen molar-refractivity contribution in [3.05, 3.63) is 45.5 Å². The number of carbonyl (C=O) groups excluding carboxylic acids is 2. The van der Waals surface area contributed by atoms with Crippen LogP contribution in [-0.2, 0) is 16.1 Å². The zero-order valence-corrected chi connectivity index (χ0v) is 12.9. The molecule has 0 aliphatic carbocycles. The van der Waals surface area contributed by atoms with Crippen LogP contribution in [0.15, 0.2) is 22.7 Å². The standard InChI is InChI=1S/C13H11Cl2N3O4/c1-7-17-11(22-18-7)6-21-12(19)5-16-13(20)9-3-2-8(14)4-10(9)15/h2-4H,5-6H2,1H3,(H,16,20). The maximum Gasteiger partial charge on any atom is 0.325 e. The average Bonchev–Trinajstić information content (AvgIpc) is 2.88. The van der Waals surface area contributed by atoms with E-state index < -0.39 is 11.9 Å². The molecular weight excluding hydrogens is 333 g/mol. The molecule has 22 heavy (non-hydrogen) atoms. The second kappa shape index (κ2) is 7.24. The summed E-state index contributed by atoms with van der Waals surface area (Å²) in [6.07, 6.45) is 0. The molecule has 1 heterocycles. The molecule has 0 saturated heterocycles. The lowest BCUT2D eigenvalue weighted by molar-refractivity contribution is -0.144. The number of ether oxygens (including phenoxy) is 1. The molecule has 0 aliphatic heterocycles. The maximum atomic E-state index is 11.9. The third-order valence-electron chi connectivity index (χ3n) is 2.50. The van der Waals surface area contributed by atoms with Crippen LogP contribution >= 0.6 is 23.2 Å². The number of nitrogens with zero attached hydrogens (tertiary/aromatic N) is 2. The summed E-state index contributed by atoms with van der Waals surface area (Å²) < 4.78 is 9.65. The van der Waals surface area contributed by atoms with Crippen molar-refractivity contribution in [2.24, 2.45) is 0 Å². The van der Waals surface area contributed by atoms with Crippen LogP contribution in [0.3, 0.4) is 0 Å². The Kier molecular flexibility index (Phi) is 5.35. The van der Waals surface area contributed by atoms with E-state index >= 15 is 0 Å². The summed E-state index contributed by atoms with van der Waals surface area (Å²) in [6, 6.07) is 4.43. The van der Waals surface area contributed by atoms with Gasteiger partial charge < -0.3 is 14.6 Å².